The van der Waals surface area contributed by atoms with E-state index in [2.05, 4.69) is 23.8 Å². The van der Waals surface area contributed by atoms with E-state index < -0.39 is 0 Å². The second kappa shape index (κ2) is 16.5. The molecule has 0 aliphatic carbocycles. The summed E-state index contributed by atoms with van der Waals surface area (Å²) in [4.78, 5) is 10.9. The van der Waals surface area contributed by atoms with Crippen molar-refractivity contribution in [2.45, 2.75) is 96.5 Å². The molecule has 1 atom stereocenters. The molecule has 3 heteroatoms. The van der Waals surface area contributed by atoms with Crippen LogP contribution in [0, 0.1) is 0 Å². The molecule has 0 heterocycles. The van der Waals surface area contributed by atoms with Gasteiger partial charge in [-0.05, 0) is 38.5 Å². The average Bonchev–Trinajstić information content (AvgIpc) is 2.53. The Kier molecular flexibility index (Phi) is 15.9. The predicted octanol–water partition coefficient (Wildman–Crippen LogP) is 5.17. The third-order valence-electron chi connectivity index (χ3n) is 3.96. The number of carbonyl (C=O) groups excluding carboxylic acids is 1. The van der Waals surface area contributed by atoms with Gasteiger partial charge in [-0.2, -0.15) is 0 Å². The number of hydrogen-bond acceptors (Lipinski definition) is 3. The summed E-state index contributed by atoms with van der Waals surface area (Å²) in [7, 11) is 1.38. The van der Waals surface area contributed by atoms with Crippen LogP contribution in [-0.4, -0.2) is 24.3 Å². The van der Waals surface area contributed by atoms with Crippen LogP contribution >= 0.6 is 0 Å². The van der Waals surface area contributed by atoms with Crippen LogP contribution in [0.25, 0.3) is 0 Å². The molecule has 3 nitrogen and oxygen atoms in total. The molecule has 0 unspecified atom stereocenters. The first kappa shape index (κ1) is 21.2. The van der Waals surface area contributed by atoms with E-state index in [4.69, 9.17) is 0 Å². The molecule has 1 N–H and O–H groups in total. The largest absolute Gasteiger partial charge is 0.469 e. The number of esters is 1. The lowest BCUT2D eigenvalue weighted by Crippen LogP contribution is -2.10. The molecule has 0 saturated carbocycles. The summed E-state index contributed by atoms with van der Waals surface area (Å²) in [5.41, 5.74) is 0. The first-order chi connectivity index (χ1) is 10.7. The molecule has 0 aromatic heterocycles. The normalized spacial score (nSPS) is 12.7. The predicted molar refractivity (Wildman–Crippen MR) is 92.9 cm³/mol. The van der Waals surface area contributed by atoms with E-state index in [1.54, 1.807) is 0 Å². The highest BCUT2D eigenvalue weighted by atomic mass is 16.5. The summed E-state index contributed by atoms with van der Waals surface area (Å²) in [6.45, 7) is 2.25. The van der Waals surface area contributed by atoms with Gasteiger partial charge in [0.25, 0.3) is 0 Å². The molecule has 0 fully saturated rings. The van der Waals surface area contributed by atoms with Crippen molar-refractivity contribution in [3.05, 3.63) is 12.2 Å². The number of rotatable bonds is 15. The van der Waals surface area contributed by atoms with Gasteiger partial charge in [-0.1, -0.05) is 57.6 Å². The molecule has 0 aliphatic rings. The van der Waals surface area contributed by atoms with E-state index in [1.807, 2.05) is 0 Å². The van der Waals surface area contributed by atoms with Crippen LogP contribution in [0.5, 0.6) is 0 Å². The maximum atomic E-state index is 10.9. The number of carbonyl (C=O) groups is 1. The second-order valence-corrected chi connectivity index (χ2v) is 6.08. The third kappa shape index (κ3) is 15.6. The fourth-order valence-electron chi connectivity index (χ4n) is 2.45. The summed E-state index contributed by atoms with van der Waals surface area (Å²) in [5, 5.41) is 9.73. The summed E-state index contributed by atoms with van der Waals surface area (Å²) in [6.07, 6.45) is 18.4. The molecule has 0 saturated heterocycles. The smallest absolute Gasteiger partial charge is 0.305 e. The zero-order chi connectivity index (χ0) is 16.5. The van der Waals surface area contributed by atoms with Crippen LogP contribution in [0.2, 0.25) is 0 Å². The number of unbranched alkanes of at least 4 members (excludes halogenated alkanes) is 8. The lowest BCUT2D eigenvalue weighted by Gasteiger charge is -2.08. The van der Waals surface area contributed by atoms with E-state index in [9.17, 15) is 9.90 Å². The molecule has 0 spiro atoms. The number of ether oxygens (including phenoxy) is 1. The van der Waals surface area contributed by atoms with Gasteiger partial charge >= 0.3 is 5.97 Å². The maximum Gasteiger partial charge on any atom is 0.305 e. The van der Waals surface area contributed by atoms with Crippen LogP contribution in [0.4, 0.5) is 0 Å². The van der Waals surface area contributed by atoms with Gasteiger partial charge in [-0.3, -0.25) is 4.79 Å². The molecular formula is C19H36O3. The highest BCUT2D eigenvalue weighted by Gasteiger charge is 2.07. The van der Waals surface area contributed by atoms with Gasteiger partial charge < -0.3 is 9.84 Å². The topological polar surface area (TPSA) is 46.5 Å². The number of hydrogen-bond donors (Lipinski definition) is 1. The summed E-state index contributed by atoms with van der Waals surface area (Å²) < 4.78 is 4.56. The van der Waals surface area contributed by atoms with E-state index in [1.165, 1.54) is 52.1 Å². The highest BCUT2D eigenvalue weighted by Crippen LogP contribution is 2.10. The fourth-order valence-corrected chi connectivity index (χ4v) is 2.45. The molecular weight excluding hydrogens is 276 g/mol. The van der Waals surface area contributed by atoms with Gasteiger partial charge in [0.15, 0.2) is 0 Å². The Hall–Kier alpha value is -0.830. The third-order valence-corrected chi connectivity index (χ3v) is 3.96. The Morgan fingerprint density at radius 1 is 0.955 bits per heavy atom. The molecule has 0 bridgehead atoms. The van der Waals surface area contributed by atoms with Gasteiger partial charge in [0.2, 0.25) is 0 Å². The second-order valence-electron chi connectivity index (χ2n) is 6.08. The van der Waals surface area contributed by atoms with Gasteiger partial charge in [-0.15, -0.1) is 0 Å². The fraction of sp³-hybridized carbons (Fsp3) is 0.842. The Morgan fingerprint density at radius 2 is 1.55 bits per heavy atom. The summed E-state index contributed by atoms with van der Waals surface area (Å²) >= 11 is 0. The van der Waals surface area contributed by atoms with Crippen molar-refractivity contribution >= 4 is 5.97 Å². The maximum absolute atomic E-state index is 10.9. The molecule has 22 heavy (non-hydrogen) atoms. The van der Waals surface area contributed by atoms with Crippen molar-refractivity contribution in [1.82, 2.24) is 0 Å². The molecule has 0 aromatic carbocycles. The minimum atomic E-state index is -0.369. The average molecular weight is 312 g/mol. The first-order valence-electron chi connectivity index (χ1n) is 9.10. The molecule has 0 rings (SSSR count). The SMILES string of the molecule is CCCCCCCC/C=C\CCCC[C@@H](O)CCC(=O)OC. The zero-order valence-electron chi connectivity index (χ0n) is 14.7. The molecule has 0 aromatic rings. The van der Waals surface area contributed by atoms with Gasteiger partial charge in [0.1, 0.15) is 0 Å². The first-order valence-corrected chi connectivity index (χ1v) is 9.10. The zero-order valence-corrected chi connectivity index (χ0v) is 14.7. The van der Waals surface area contributed by atoms with Gasteiger partial charge in [-0.25, -0.2) is 0 Å². The summed E-state index contributed by atoms with van der Waals surface area (Å²) in [5.74, 6) is -0.239. The van der Waals surface area contributed by atoms with Crippen molar-refractivity contribution in [3.8, 4) is 0 Å². The molecule has 0 radical (unpaired) electrons. The van der Waals surface area contributed by atoms with Crippen LogP contribution in [0.3, 0.4) is 0 Å². The van der Waals surface area contributed by atoms with Crippen molar-refractivity contribution in [2.75, 3.05) is 7.11 Å². The van der Waals surface area contributed by atoms with Crippen molar-refractivity contribution < 1.29 is 14.6 Å². The lowest BCUT2D eigenvalue weighted by atomic mass is 10.1. The van der Waals surface area contributed by atoms with E-state index in [0.717, 1.165) is 25.7 Å². The van der Waals surface area contributed by atoms with Crippen LogP contribution in [0.1, 0.15) is 90.4 Å². The van der Waals surface area contributed by atoms with Crippen molar-refractivity contribution in [3.63, 3.8) is 0 Å². The van der Waals surface area contributed by atoms with Crippen molar-refractivity contribution in [1.29, 1.82) is 0 Å². The highest BCUT2D eigenvalue weighted by molar-refractivity contribution is 5.69. The monoisotopic (exact) mass is 312 g/mol. The van der Waals surface area contributed by atoms with E-state index in [-0.39, 0.29) is 12.1 Å². The Bertz CT molecular complexity index is 274. The van der Waals surface area contributed by atoms with Crippen LogP contribution < -0.4 is 0 Å². The van der Waals surface area contributed by atoms with Crippen molar-refractivity contribution in [2.24, 2.45) is 0 Å². The number of aliphatic hydroxyl groups is 1. The standard InChI is InChI=1S/C19H36O3/c1-3-4-5-6-7-8-9-10-11-12-13-14-15-18(20)16-17-19(21)22-2/h10-11,18,20H,3-9,12-17H2,1-2H3/b11-10-/t18-/m1/s1. The minimum absolute atomic E-state index is 0.239. The number of methoxy groups -OCH3 is 1. The minimum Gasteiger partial charge on any atom is -0.469 e. The van der Waals surface area contributed by atoms with Crippen LogP contribution in [0.15, 0.2) is 12.2 Å². The molecule has 130 valence electrons. The molecule has 0 aliphatic heterocycles. The summed E-state index contributed by atoms with van der Waals surface area (Å²) in [6, 6.07) is 0. The lowest BCUT2D eigenvalue weighted by molar-refractivity contribution is -0.141. The Labute approximate surface area is 137 Å². The van der Waals surface area contributed by atoms with Gasteiger partial charge in [0, 0.05) is 6.42 Å². The van der Waals surface area contributed by atoms with Crippen LogP contribution in [-0.2, 0) is 9.53 Å². The van der Waals surface area contributed by atoms with Gasteiger partial charge in [0.05, 0.1) is 13.2 Å². The van der Waals surface area contributed by atoms with E-state index >= 15 is 0 Å². The number of allylic oxidation sites excluding steroid dienone is 2. The number of aliphatic hydroxyl groups excluding tert-OH is 1. The Morgan fingerprint density at radius 3 is 2.18 bits per heavy atom. The molecule has 0 amide bonds. The quantitative estimate of drug-likeness (QED) is 0.258. The van der Waals surface area contributed by atoms with E-state index in [0.29, 0.717) is 12.8 Å². The Balaban J connectivity index is 3.27.